The monoisotopic (exact) mass is 262 g/mol. The van der Waals surface area contributed by atoms with Gasteiger partial charge in [0.15, 0.2) is 4.77 Å². The first-order valence-electron chi connectivity index (χ1n) is 5.17. The molecule has 0 aliphatic rings. The molecule has 3 aromatic rings. The zero-order valence-electron chi connectivity index (χ0n) is 9.17. The normalized spacial score (nSPS) is 11.1. The molecule has 3 aromatic heterocycles. The second-order valence-corrected chi connectivity index (χ2v) is 5.10. The molecule has 3 heterocycles. The van der Waals surface area contributed by atoms with Crippen LogP contribution in [-0.2, 0) is 6.54 Å². The first kappa shape index (κ1) is 10.6. The third-order valence-electron chi connectivity index (χ3n) is 2.72. The molecule has 0 aliphatic carbocycles. The molecule has 0 radical (unpaired) electrons. The summed E-state index contributed by atoms with van der Waals surface area (Å²) in [6.45, 7) is 2.78. The molecule has 0 atom stereocenters. The first-order chi connectivity index (χ1) is 8.25. The summed E-state index contributed by atoms with van der Waals surface area (Å²) < 4.78 is 2.80. The van der Waals surface area contributed by atoms with Gasteiger partial charge in [-0.2, -0.15) is 0 Å². The lowest BCUT2D eigenvalue weighted by atomic mass is 10.3. The van der Waals surface area contributed by atoms with Crippen molar-refractivity contribution in [2.24, 2.45) is 0 Å². The van der Waals surface area contributed by atoms with Gasteiger partial charge in [0.2, 0.25) is 0 Å². The summed E-state index contributed by atoms with van der Waals surface area (Å²) in [6.07, 6.45) is 3.57. The minimum absolute atomic E-state index is 0.723. The van der Waals surface area contributed by atoms with Gasteiger partial charge in [0, 0.05) is 11.1 Å². The molecule has 3 rings (SSSR count). The zero-order valence-corrected chi connectivity index (χ0v) is 10.8. The molecule has 6 heteroatoms. The molecule has 0 bridgehead atoms. The van der Waals surface area contributed by atoms with E-state index < -0.39 is 0 Å². The minimum Gasteiger partial charge on any atom is -0.329 e. The fourth-order valence-electron chi connectivity index (χ4n) is 1.79. The van der Waals surface area contributed by atoms with E-state index in [-0.39, 0.29) is 0 Å². The van der Waals surface area contributed by atoms with E-state index >= 15 is 0 Å². The van der Waals surface area contributed by atoms with Crippen molar-refractivity contribution in [2.45, 2.75) is 13.5 Å². The Hall–Kier alpha value is -1.53. The van der Waals surface area contributed by atoms with Gasteiger partial charge in [-0.05, 0) is 25.2 Å². The summed E-state index contributed by atoms with van der Waals surface area (Å²) in [6, 6.07) is 1.97. The Labute approximate surface area is 107 Å². The Bertz CT molecular complexity index is 722. The van der Waals surface area contributed by atoms with Crippen LogP contribution in [0.3, 0.4) is 0 Å². The van der Waals surface area contributed by atoms with Crippen molar-refractivity contribution in [2.75, 3.05) is 0 Å². The highest BCUT2D eigenvalue weighted by atomic mass is 32.1. The van der Waals surface area contributed by atoms with Crippen LogP contribution in [0.25, 0.3) is 11.0 Å². The zero-order chi connectivity index (χ0) is 11.8. The summed E-state index contributed by atoms with van der Waals surface area (Å²) in [7, 11) is 0. The Morgan fingerprint density at radius 1 is 1.53 bits per heavy atom. The molecule has 17 heavy (non-hydrogen) atoms. The quantitative estimate of drug-likeness (QED) is 0.722. The van der Waals surface area contributed by atoms with Gasteiger partial charge in [-0.15, -0.1) is 11.3 Å². The van der Waals surface area contributed by atoms with Crippen LogP contribution in [-0.4, -0.2) is 19.5 Å². The average molecular weight is 262 g/mol. The number of thiazole rings is 1. The summed E-state index contributed by atoms with van der Waals surface area (Å²) in [4.78, 5) is 12.7. The van der Waals surface area contributed by atoms with E-state index in [9.17, 15) is 0 Å². The SMILES string of the molecule is Cc1ncsc1Cn1c(=S)[nH]c2cnccc21. The van der Waals surface area contributed by atoms with Gasteiger partial charge in [-0.3, -0.25) is 4.98 Å². The van der Waals surface area contributed by atoms with Crippen LogP contribution in [0.2, 0.25) is 0 Å². The highest BCUT2D eigenvalue weighted by molar-refractivity contribution is 7.71. The molecule has 0 fully saturated rings. The summed E-state index contributed by atoms with van der Waals surface area (Å²) in [5.41, 5.74) is 4.99. The molecule has 0 aliphatic heterocycles. The van der Waals surface area contributed by atoms with Crippen molar-refractivity contribution in [3.63, 3.8) is 0 Å². The van der Waals surface area contributed by atoms with E-state index in [1.54, 1.807) is 23.7 Å². The lowest BCUT2D eigenvalue weighted by molar-refractivity contribution is 0.815. The van der Waals surface area contributed by atoms with Gasteiger partial charge in [-0.25, -0.2) is 4.98 Å². The van der Waals surface area contributed by atoms with Crippen molar-refractivity contribution in [1.82, 2.24) is 19.5 Å². The average Bonchev–Trinajstić information content (AvgIpc) is 2.85. The second kappa shape index (κ2) is 4.05. The predicted octanol–water partition coefficient (Wildman–Crippen LogP) is 2.91. The van der Waals surface area contributed by atoms with Crippen LogP contribution in [0.1, 0.15) is 10.6 Å². The van der Waals surface area contributed by atoms with Gasteiger partial charge in [0.05, 0.1) is 35.0 Å². The molecule has 0 saturated carbocycles. The molecule has 0 aromatic carbocycles. The van der Waals surface area contributed by atoms with Crippen molar-refractivity contribution >= 4 is 34.6 Å². The predicted molar refractivity (Wildman–Crippen MR) is 70.9 cm³/mol. The van der Waals surface area contributed by atoms with Gasteiger partial charge >= 0.3 is 0 Å². The molecule has 0 unspecified atom stereocenters. The summed E-state index contributed by atoms with van der Waals surface area (Å²) in [5.74, 6) is 0. The van der Waals surface area contributed by atoms with E-state index in [1.807, 2.05) is 18.5 Å². The van der Waals surface area contributed by atoms with Crippen LogP contribution >= 0.6 is 23.6 Å². The Balaban J connectivity index is 2.15. The number of pyridine rings is 1. The smallest absolute Gasteiger partial charge is 0.178 e. The highest BCUT2D eigenvalue weighted by Crippen LogP contribution is 2.18. The minimum atomic E-state index is 0.723. The third-order valence-corrected chi connectivity index (χ3v) is 3.96. The van der Waals surface area contributed by atoms with Crippen LogP contribution in [0.5, 0.6) is 0 Å². The number of nitrogens with one attached hydrogen (secondary N) is 1. The topological polar surface area (TPSA) is 46.5 Å². The van der Waals surface area contributed by atoms with E-state index in [4.69, 9.17) is 12.2 Å². The van der Waals surface area contributed by atoms with Gasteiger partial charge < -0.3 is 9.55 Å². The number of hydrogen-bond acceptors (Lipinski definition) is 4. The molecule has 0 amide bonds. The summed E-state index contributed by atoms with van der Waals surface area (Å²) >= 11 is 6.99. The fraction of sp³-hybridized carbons (Fsp3) is 0.182. The molecule has 4 nitrogen and oxygen atoms in total. The van der Waals surface area contributed by atoms with E-state index in [0.717, 1.165) is 28.0 Å². The Morgan fingerprint density at radius 2 is 2.41 bits per heavy atom. The van der Waals surface area contributed by atoms with E-state index in [2.05, 4.69) is 19.5 Å². The summed E-state index contributed by atoms with van der Waals surface area (Å²) in [5, 5.41) is 0. The van der Waals surface area contributed by atoms with E-state index in [1.165, 1.54) is 4.88 Å². The number of rotatable bonds is 2. The molecule has 0 spiro atoms. The van der Waals surface area contributed by atoms with Crippen molar-refractivity contribution < 1.29 is 0 Å². The van der Waals surface area contributed by atoms with Crippen molar-refractivity contribution in [3.05, 3.63) is 39.3 Å². The van der Waals surface area contributed by atoms with Crippen molar-refractivity contribution in [3.8, 4) is 0 Å². The fourth-order valence-corrected chi connectivity index (χ4v) is 2.83. The number of aryl methyl sites for hydroxylation is 1. The lowest BCUT2D eigenvalue weighted by Crippen LogP contribution is -1.99. The molecule has 1 N–H and O–H groups in total. The largest absolute Gasteiger partial charge is 0.329 e. The van der Waals surface area contributed by atoms with Crippen LogP contribution in [0.15, 0.2) is 24.0 Å². The number of nitrogens with zero attached hydrogens (tertiary/aromatic N) is 3. The Morgan fingerprint density at radius 3 is 3.18 bits per heavy atom. The van der Waals surface area contributed by atoms with Gasteiger partial charge in [0.1, 0.15) is 0 Å². The van der Waals surface area contributed by atoms with Crippen LogP contribution in [0, 0.1) is 11.7 Å². The first-order valence-corrected chi connectivity index (χ1v) is 6.46. The molecular formula is C11H10N4S2. The van der Waals surface area contributed by atoms with Crippen LogP contribution in [0.4, 0.5) is 0 Å². The van der Waals surface area contributed by atoms with Crippen molar-refractivity contribution in [1.29, 1.82) is 0 Å². The number of imidazole rings is 1. The third kappa shape index (κ3) is 1.79. The number of aromatic nitrogens is 4. The number of H-pyrrole nitrogens is 1. The Kier molecular flexibility index (Phi) is 2.53. The highest BCUT2D eigenvalue weighted by Gasteiger charge is 2.07. The molecule has 0 saturated heterocycles. The maximum atomic E-state index is 5.33. The number of aromatic amines is 1. The van der Waals surface area contributed by atoms with Gasteiger partial charge in [-0.1, -0.05) is 0 Å². The standard InChI is InChI=1S/C11H10N4S2/c1-7-10(17-6-13-7)5-15-9-2-3-12-4-8(9)14-11(15)16/h2-4,6H,5H2,1H3,(H,14,16). The number of hydrogen-bond donors (Lipinski definition) is 1. The maximum absolute atomic E-state index is 5.33. The maximum Gasteiger partial charge on any atom is 0.178 e. The molecular weight excluding hydrogens is 252 g/mol. The van der Waals surface area contributed by atoms with Gasteiger partial charge in [0.25, 0.3) is 0 Å². The second-order valence-electron chi connectivity index (χ2n) is 3.77. The van der Waals surface area contributed by atoms with Crippen LogP contribution < -0.4 is 0 Å². The number of fused-ring (bicyclic) bond motifs is 1. The van der Waals surface area contributed by atoms with E-state index in [0.29, 0.717) is 0 Å². The lowest BCUT2D eigenvalue weighted by Gasteiger charge is -2.02. The molecule has 86 valence electrons.